The summed E-state index contributed by atoms with van der Waals surface area (Å²) in [6, 6.07) is 0. The van der Waals surface area contributed by atoms with Crippen LogP contribution in [0, 0.1) is 5.41 Å². The van der Waals surface area contributed by atoms with Crippen molar-refractivity contribution in [3.8, 4) is 0 Å². The summed E-state index contributed by atoms with van der Waals surface area (Å²) < 4.78 is 0.867. The Morgan fingerprint density at radius 1 is 1.29 bits per heavy atom. The summed E-state index contributed by atoms with van der Waals surface area (Å²) in [7, 11) is 3.49. The zero-order chi connectivity index (χ0) is 18.1. The van der Waals surface area contributed by atoms with Crippen LogP contribution in [0.5, 0.6) is 0 Å². The predicted octanol–water partition coefficient (Wildman–Crippen LogP) is 0.907. The summed E-state index contributed by atoms with van der Waals surface area (Å²) in [6.45, 7) is 5.04. The number of aliphatic imine (C=N–C) groups is 1. The van der Waals surface area contributed by atoms with E-state index < -0.39 is 16.9 Å². The van der Waals surface area contributed by atoms with Gasteiger partial charge in [-0.2, -0.15) is 4.98 Å². The molecule has 2 aromatic rings. The molecule has 0 amide bonds. The Morgan fingerprint density at radius 2 is 1.96 bits per heavy atom. The lowest BCUT2D eigenvalue weighted by Crippen LogP contribution is -2.36. The summed E-state index contributed by atoms with van der Waals surface area (Å²) in [5.41, 5.74) is -1.68. The highest BCUT2D eigenvalue weighted by molar-refractivity contribution is 5.88. The highest BCUT2D eigenvalue weighted by Gasteiger charge is 2.28. The second-order valence-corrected chi connectivity index (χ2v) is 6.40. The van der Waals surface area contributed by atoms with Crippen LogP contribution < -0.4 is 5.56 Å². The summed E-state index contributed by atoms with van der Waals surface area (Å²) in [5.74, 6) is -0.569. The first-order valence-electron chi connectivity index (χ1n) is 7.15. The first-order valence-corrected chi connectivity index (χ1v) is 7.15. The molecule has 0 bridgehead atoms. The van der Waals surface area contributed by atoms with Crippen LogP contribution in [-0.2, 0) is 0 Å². The first-order chi connectivity index (χ1) is 11.1. The van der Waals surface area contributed by atoms with E-state index in [2.05, 4.69) is 19.9 Å². The lowest BCUT2D eigenvalue weighted by molar-refractivity contribution is 0.0763. The van der Waals surface area contributed by atoms with Gasteiger partial charge in [0.05, 0.1) is 12.5 Å². The maximum absolute atomic E-state index is 12.7. The van der Waals surface area contributed by atoms with Crippen molar-refractivity contribution in [1.29, 1.82) is 0 Å². The van der Waals surface area contributed by atoms with Gasteiger partial charge in [0.1, 0.15) is 5.69 Å². The van der Waals surface area contributed by atoms with Gasteiger partial charge in [-0.05, 0) is 0 Å². The molecule has 0 saturated carbocycles. The van der Waals surface area contributed by atoms with Crippen molar-refractivity contribution >= 4 is 35.6 Å². The number of hydrogen-bond acceptors (Lipinski definition) is 7. The van der Waals surface area contributed by atoms with Crippen LogP contribution in [0.1, 0.15) is 36.1 Å². The van der Waals surface area contributed by atoms with Crippen molar-refractivity contribution in [3.63, 3.8) is 0 Å². The van der Waals surface area contributed by atoms with Gasteiger partial charge in [-0.15, -0.1) is 0 Å². The van der Waals surface area contributed by atoms with Crippen LogP contribution >= 0.6 is 0 Å². The number of hydrogen-bond donors (Lipinski definition) is 0. The van der Waals surface area contributed by atoms with Gasteiger partial charge in [0.2, 0.25) is 11.9 Å². The van der Waals surface area contributed by atoms with Crippen molar-refractivity contribution in [1.82, 2.24) is 24.4 Å². The predicted molar refractivity (Wildman–Crippen MR) is 88.9 cm³/mol. The van der Waals surface area contributed by atoms with Crippen LogP contribution in [0.2, 0.25) is 0 Å². The minimum Gasteiger partial charge on any atom is -0.369 e. The molecule has 2 aromatic heterocycles. The maximum atomic E-state index is 12.7. The maximum Gasteiger partial charge on any atom is 0.290 e. The van der Waals surface area contributed by atoms with Gasteiger partial charge in [-0.1, -0.05) is 20.8 Å². The normalized spacial score (nSPS) is 11.9. The lowest BCUT2D eigenvalue weighted by atomic mass is 9.95. The number of carbonyl (C=O) groups is 2. The monoisotopic (exact) mass is 330 g/mol. The van der Waals surface area contributed by atoms with Crippen molar-refractivity contribution in [3.05, 3.63) is 22.2 Å². The van der Waals surface area contributed by atoms with Crippen molar-refractivity contribution < 1.29 is 9.59 Å². The zero-order valence-electron chi connectivity index (χ0n) is 14.1. The molecule has 0 aromatic carbocycles. The Bertz CT molecular complexity index is 892. The molecule has 0 aliphatic carbocycles. The van der Waals surface area contributed by atoms with Crippen molar-refractivity contribution in [2.75, 3.05) is 14.1 Å². The van der Waals surface area contributed by atoms with Gasteiger partial charge >= 0.3 is 0 Å². The number of nitrogens with zero attached hydrogens (tertiary/aromatic N) is 6. The fraction of sp³-hybridized carbons (Fsp3) is 0.400. The van der Waals surface area contributed by atoms with E-state index in [1.165, 1.54) is 12.5 Å². The van der Waals surface area contributed by atoms with E-state index in [-0.39, 0.29) is 22.8 Å². The van der Waals surface area contributed by atoms with Crippen LogP contribution in [0.15, 0.2) is 16.0 Å². The van der Waals surface area contributed by atoms with Crippen LogP contribution in [0.25, 0.3) is 11.2 Å². The first kappa shape index (κ1) is 17.4. The van der Waals surface area contributed by atoms with Gasteiger partial charge in [-0.3, -0.25) is 14.4 Å². The largest absolute Gasteiger partial charge is 0.369 e. The van der Waals surface area contributed by atoms with E-state index in [0.29, 0.717) is 6.29 Å². The Kier molecular flexibility index (Phi) is 4.54. The van der Waals surface area contributed by atoms with Gasteiger partial charge in [0.15, 0.2) is 17.5 Å². The van der Waals surface area contributed by atoms with E-state index in [9.17, 15) is 14.4 Å². The highest BCUT2D eigenvalue weighted by atomic mass is 16.2. The van der Waals surface area contributed by atoms with Crippen molar-refractivity contribution in [2.24, 2.45) is 10.4 Å². The van der Waals surface area contributed by atoms with Crippen molar-refractivity contribution in [2.45, 2.75) is 20.8 Å². The van der Waals surface area contributed by atoms with Gasteiger partial charge in [0, 0.05) is 19.5 Å². The summed E-state index contributed by atoms with van der Waals surface area (Å²) in [6.07, 6.45) is 3.10. The third kappa shape index (κ3) is 3.34. The molecule has 2 rings (SSSR count). The van der Waals surface area contributed by atoms with E-state index in [1.807, 2.05) is 0 Å². The average molecular weight is 330 g/mol. The molecule has 0 unspecified atom stereocenters. The fourth-order valence-electron chi connectivity index (χ4n) is 1.79. The Morgan fingerprint density at radius 3 is 2.50 bits per heavy atom. The quantitative estimate of drug-likeness (QED) is 0.467. The molecule has 9 nitrogen and oxygen atoms in total. The molecule has 24 heavy (non-hydrogen) atoms. The fourth-order valence-corrected chi connectivity index (χ4v) is 1.79. The van der Waals surface area contributed by atoms with E-state index in [1.54, 1.807) is 39.8 Å². The second kappa shape index (κ2) is 6.26. The Labute approximate surface area is 138 Å². The van der Waals surface area contributed by atoms with Crippen LogP contribution in [0.3, 0.4) is 0 Å². The summed E-state index contributed by atoms with van der Waals surface area (Å²) in [4.78, 5) is 54.0. The summed E-state index contributed by atoms with van der Waals surface area (Å²) >= 11 is 0. The van der Waals surface area contributed by atoms with Gasteiger partial charge in [-0.25, -0.2) is 19.5 Å². The minimum atomic E-state index is -0.836. The number of aldehydes is 1. The minimum absolute atomic E-state index is 0.0132. The molecule has 9 heteroatoms. The van der Waals surface area contributed by atoms with E-state index in [4.69, 9.17) is 0 Å². The van der Waals surface area contributed by atoms with Gasteiger partial charge in [0.25, 0.3) is 5.56 Å². The number of rotatable bonds is 3. The van der Waals surface area contributed by atoms with E-state index in [0.717, 1.165) is 4.57 Å². The van der Waals surface area contributed by atoms with Crippen LogP contribution in [0.4, 0.5) is 5.95 Å². The molecule has 126 valence electrons. The zero-order valence-corrected chi connectivity index (χ0v) is 14.1. The molecular formula is C15H18N6O3. The Hall–Kier alpha value is -2.97. The average Bonchev–Trinajstić information content (AvgIpc) is 2.51. The highest BCUT2D eigenvalue weighted by Crippen LogP contribution is 2.20. The summed E-state index contributed by atoms with van der Waals surface area (Å²) in [5, 5.41) is 0. The third-order valence-corrected chi connectivity index (χ3v) is 2.95. The standard InChI is InChI=1S/C15H18N6O3/c1-15(2,3)13(24)21-12(23)10-11(16-6-9(7-22)18-10)19-14(21)17-8-20(4)5/h6-8H,1-5H3/b17-8-. The molecule has 0 fully saturated rings. The number of fused-ring (bicyclic) bond motifs is 1. The Balaban J connectivity index is 2.85. The molecule has 0 saturated heterocycles. The molecule has 0 aliphatic rings. The molecular weight excluding hydrogens is 312 g/mol. The lowest BCUT2D eigenvalue weighted by Gasteiger charge is -2.19. The SMILES string of the molecule is CN(C)/C=N\c1nc2ncc(C=O)nc2c(=O)n1C(=O)C(C)(C)C. The molecule has 0 radical (unpaired) electrons. The third-order valence-electron chi connectivity index (χ3n) is 2.95. The molecule has 0 spiro atoms. The second-order valence-electron chi connectivity index (χ2n) is 6.40. The van der Waals surface area contributed by atoms with Gasteiger partial charge < -0.3 is 4.90 Å². The van der Waals surface area contributed by atoms with E-state index >= 15 is 0 Å². The molecule has 0 aliphatic heterocycles. The van der Waals surface area contributed by atoms with Crippen LogP contribution in [-0.4, -0.2) is 57.0 Å². The molecule has 2 heterocycles. The smallest absolute Gasteiger partial charge is 0.290 e. The number of carbonyl (C=O) groups excluding carboxylic acids is 2. The molecule has 0 atom stereocenters. The molecule has 0 N–H and O–H groups in total. The topological polar surface area (TPSA) is 110 Å². The number of aromatic nitrogens is 4.